The van der Waals surface area contributed by atoms with E-state index in [2.05, 4.69) is 10.3 Å². The van der Waals surface area contributed by atoms with Crippen LogP contribution in [0.2, 0.25) is 0 Å². The molecule has 0 radical (unpaired) electrons. The second-order valence-corrected chi connectivity index (χ2v) is 6.11. The summed E-state index contributed by atoms with van der Waals surface area (Å²) in [6.45, 7) is 4.47. The number of carbonyl (C=O) groups is 1. The van der Waals surface area contributed by atoms with E-state index in [0.717, 1.165) is 18.4 Å². The Morgan fingerprint density at radius 3 is 2.84 bits per heavy atom. The Morgan fingerprint density at radius 1 is 1.36 bits per heavy atom. The second kappa shape index (κ2) is 6.51. The first kappa shape index (κ1) is 16.9. The number of aromatic nitrogens is 3. The summed E-state index contributed by atoms with van der Waals surface area (Å²) in [6, 6.07) is 5.14. The number of aryl methyl sites for hydroxylation is 2. The Kier molecular flexibility index (Phi) is 4.39. The van der Waals surface area contributed by atoms with E-state index >= 15 is 0 Å². The lowest BCUT2D eigenvalue weighted by Gasteiger charge is -2.12. The van der Waals surface area contributed by atoms with Crippen molar-refractivity contribution < 1.29 is 4.79 Å². The van der Waals surface area contributed by atoms with Crippen LogP contribution in [0.4, 0.5) is 0 Å². The van der Waals surface area contributed by atoms with Crippen LogP contribution in [-0.2, 0) is 7.05 Å². The summed E-state index contributed by atoms with van der Waals surface area (Å²) >= 11 is 0. The Morgan fingerprint density at radius 2 is 2.12 bits per heavy atom. The highest BCUT2D eigenvalue weighted by Crippen LogP contribution is 2.11. The molecule has 0 aliphatic carbocycles. The molecule has 3 aromatic rings. The zero-order chi connectivity index (χ0) is 18.1. The van der Waals surface area contributed by atoms with Gasteiger partial charge in [-0.1, -0.05) is 19.4 Å². The molecule has 0 spiro atoms. The summed E-state index contributed by atoms with van der Waals surface area (Å²) in [5.41, 5.74) is 1.78. The van der Waals surface area contributed by atoms with Crippen LogP contribution in [-0.4, -0.2) is 26.4 Å². The van der Waals surface area contributed by atoms with E-state index in [0.29, 0.717) is 23.2 Å². The van der Waals surface area contributed by atoms with Crippen molar-refractivity contribution in [2.45, 2.75) is 26.7 Å². The molecule has 1 amide bonds. The summed E-state index contributed by atoms with van der Waals surface area (Å²) in [5.74, 6) is -0.343. The molecule has 0 aliphatic heterocycles. The molecule has 25 heavy (non-hydrogen) atoms. The molecule has 7 nitrogen and oxygen atoms in total. The molecule has 7 heteroatoms. The van der Waals surface area contributed by atoms with Gasteiger partial charge in [-0.2, -0.15) is 0 Å². The van der Waals surface area contributed by atoms with E-state index in [1.54, 1.807) is 19.3 Å². The van der Waals surface area contributed by atoms with Crippen LogP contribution in [0.5, 0.6) is 0 Å². The van der Waals surface area contributed by atoms with Gasteiger partial charge in [0.1, 0.15) is 16.8 Å². The number of pyridine rings is 2. The largest absolute Gasteiger partial charge is 0.352 e. The van der Waals surface area contributed by atoms with E-state index in [4.69, 9.17) is 5.41 Å². The first-order valence-electron chi connectivity index (χ1n) is 8.30. The summed E-state index contributed by atoms with van der Waals surface area (Å²) in [7, 11) is 1.65. The molecule has 0 aliphatic rings. The molecule has 130 valence electrons. The van der Waals surface area contributed by atoms with Gasteiger partial charge in [-0.25, -0.2) is 4.98 Å². The fourth-order valence-corrected chi connectivity index (χ4v) is 2.83. The van der Waals surface area contributed by atoms with Gasteiger partial charge in [-0.05, 0) is 31.0 Å². The molecule has 3 rings (SSSR count). The number of nitrogens with zero attached hydrogens (tertiary/aromatic N) is 3. The average Bonchev–Trinajstić information content (AvgIpc) is 2.59. The first-order valence-corrected chi connectivity index (χ1v) is 8.30. The zero-order valence-electron chi connectivity index (χ0n) is 14.6. The molecule has 3 aromatic heterocycles. The third-order valence-corrected chi connectivity index (χ3v) is 4.32. The molecular weight excluding hydrogens is 318 g/mol. The monoisotopic (exact) mass is 339 g/mol. The normalized spacial score (nSPS) is 11.2. The second-order valence-electron chi connectivity index (χ2n) is 6.11. The Bertz CT molecular complexity index is 1090. The minimum absolute atomic E-state index is 0.0336. The average molecular weight is 339 g/mol. The van der Waals surface area contributed by atoms with Crippen molar-refractivity contribution in [3.8, 4) is 0 Å². The van der Waals surface area contributed by atoms with Crippen LogP contribution in [0, 0.1) is 12.3 Å². The van der Waals surface area contributed by atoms with Crippen LogP contribution in [0.15, 0.2) is 29.2 Å². The molecule has 0 saturated carbocycles. The van der Waals surface area contributed by atoms with Crippen molar-refractivity contribution >= 4 is 22.6 Å². The van der Waals surface area contributed by atoms with Gasteiger partial charge in [0.2, 0.25) is 0 Å². The molecule has 0 aromatic carbocycles. The lowest BCUT2D eigenvalue weighted by Crippen LogP contribution is -2.34. The van der Waals surface area contributed by atoms with Gasteiger partial charge >= 0.3 is 0 Å². The summed E-state index contributed by atoms with van der Waals surface area (Å²) < 4.78 is 2.96. The van der Waals surface area contributed by atoms with Crippen LogP contribution < -0.4 is 16.4 Å². The van der Waals surface area contributed by atoms with Gasteiger partial charge in [0.15, 0.2) is 0 Å². The predicted molar refractivity (Wildman–Crippen MR) is 95.8 cm³/mol. The smallest absolute Gasteiger partial charge is 0.267 e. The Hall–Kier alpha value is -2.96. The Labute approximate surface area is 144 Å². The van der Waals surface area contributed by atoms with Gasteiger partial charge in [-0.15, -0.1) is 0 Å². The Balaban J connectivity index is 2.27. The van der Waals surface area contributed by atoms with Crippen LogP contribution in [0.25, 0.3) is 16.7 Å². The van der Waals surface area contributed by atoms with Crippen molar-refractivity contribution in [2.24, 2.45) is 7.05 Å². The van der Waals surface area contributed by atoms with Gasteiger partial charge < -0.3 is 9.88 Å². The number of amides is 1. The fraction of sp³-hybridized carbons (Fsp3) is 0.333. The van der Waals surface area contributed by atoms with Gasteiger partial charge in [0.05, 0.1) is 10.9 Å². The molecule has 0 unspecified atom stereocenters. The third kappa shape index (κ3) is 2.82. The molecule has 0 bridgehead atoms. The van der Waals surface area contributed by atoms with Gasteiger partial charge in [0.25, 0.3) is 11.5 Å². The summed E-state index contributed by atoms with van der Waals surface area (Å²) in [6.07, 6.45) is 3.50. The molecule has 2 N–H and O–H groups in total. The highest BCUT2D eigenvalue weighted by molar-refractivity contribution is 5.96. The van der Waals surface area contributed by atoms with Gasteiger partial charge in [0, 0.05) is 19.8 Å². The lowest BCUT2D eigenvalue weighted by molar-refractivity contribution is 0.0951. The maximum atomic E-state index is 12.9. The van der Waals surface area contributed by atoms with E-state index < -0.39 is 0 Å². The number of fused-ring (bicyclic) bond motifs is 2. The van der Waals surface area contributed by atoms with E-state index in [1.165, 1.54) is 15.0 Å². The maximum Gasteiger partial charge on any atom is 0.267 e. The van der Waals surface area contributed by atoms with Gasteiger partial charge in [-0.3, -0.25) is 19.4 Å². The number of hydrogen-bond acceptors (Lipinski definition) is 4. The quantitative estimate of drug-likeness (QED) is 0.557. The van der Waals surface area contributed by atoms with E-state index in [1.807, 2.05) is 19.9 Å². The number of rotatable bonds is 4. The molecule has 0 fully saturated rings. The highest BCUT2D eigenvalue weighted by atomic mass is 16.1. The number of hydrogen-bond donors (Lipinski definition) is 2. The molecule has 3 heterocycles. The van der Waals surface area contributed by atoms with Crippen molar-refractivity contribution in [1.82, 2.24) is 19.3 Å². The summed E-state index contributed by atoms with van der Waals surface area (Å²) in [4.78, 5) is 29.8. The fourth-order valence-electron chi connectivity index (χ4n) is 2.83. The predicted octanol–water partition coefficient (Wildman–Crippen LogP) is 1.50. The standard InChI is InChI=1S/C18H21N5O2/c1-4-5-8-20-17(24)12-10-13-16(22(3)14(12)19)21-15-11(2)7-6-9-23(15)18(13)25/h6-7,9-10,19H,4-5,8H2,1-3H3,(H,20,24). The zero-order valence-corrected chi connectivity index (χ0v) is 14.6. The number of carbonyl (C=O) groups excluding carboxylic acids is 1. The first-order chi connectivity index (χ1) is 12.0. The van der Waals surface area contributed by atoms with Crippen molar-refractivity contribution in [1.29, 1.82) is 5.41 Å². The third-order valence-electron chi connectivity index (χ3n) is 4.32. The van der Waals surface area contributed by atoms with Crippen molar-refractivity contribution in [2.75, 3.05) is 6.54 Å². The minimum Gasteiger partial charge on any atom is -0.352 e. The molecule has 0 atom stereocenters. The van der Waals surface area contributed by atoms with Crippen LogP contribution in [0.1, 0.15) is 35.7 Å². The van der Waals surface area contributed by atoms with Crippen LogP contribution >= 0.6 is 0 Å². The molecular formula is C18H21N5O2. The SMILES string of the molecule is CCCCNC(=O)c1cc2c(=O)n3cccc(C)c3nc2n(C)c1=N. The number of nitrogens with one attached hydrogen (secondary N) is 2. The lowest BCUT2D eigenvalue weighted by atomic mass is 10.2. The van der Waals surface area contributed by atoms with Crippen LogP contribution in [0.3, 0.4) is 0 Å². The number of unbranched alkanes of at least 4 members (excludes halogenated alkanes) is 1. The molecule has 0 saturated heterocycles. The van der Waals surface area contributed by atoms with Crippen molar-refractivity contribution in [3.63, 3.8) is 0 Å². The highest BCUT2D eigenvalue weighted by Gasteiger charge is 2.16. The topological polar surface area (TPSA) is 92.2 Å². The minimum atomic E-state index is -0.343. The maximum absolute atomic E-state index is 12.9. The van der Waals surface area contributed by atoms with E-state index in [-0.39, 0.29) is 22.5 Å². The van der Waals surface area contributed by atoms with Crippen molar-refractivity contribution in [3.05, 3.63) is 51.4 Å². The van der Waals surface area contributed by atoms with E-state index in [9.17, 15) is 9.59 Å². The summed E-state index contributed by atoms with van der Waals surface area (Å²) in [5, 5.41) is 11.4.